The molecule has 1 amide bonds. The van der Waals surface area contributed by atoms with Crippen LogP contribution in [0.3, 0.4) is 0 Å². The van der Waals surface area contributed by atoms with Crippen molar-refractivity contribution in [3.63, 3.8) is 0 Å². The van der Waals surface area contributed by atoms with Gasteiger partial charge in [-0.2, -0.15) is 0 Å². The molecule has 94 valence electrons. The van der Waals surface area contributed by atoms with E-state index in [1.807, 2.05) is 24.3 Å². The molecule has 1 atom stereocenters. The Kier molecular flexibility index (Phi) is 3.72. The first-order valence-electron chi connectivity index (χ1n) is 5.72. The number of alkyl halides is 1. The van der Waals surface area contributed by atoms with Gasteiger partial charge in [0.2, 0.25) is 0 Å². The van der Waals surface area contributed by atoms with Crippen molar-refractivity contribution < 1.29 is 9.90 Å². The molecular weight excluding hydrogens is 250 g/mol. The molecule has 3 nitrogen and oxygen atoms in total. The van der Waals surface area contributed by atoms with Gasteiger partial charge in [0.05, 0.1) is 5.56 Å². The SMILES string of the molecule is CC(Cl)CNC(=O)c1ccc2ccccc2c1O. The Balaban J connectivity index is 2.34. The van der Waals surface area contributed by atoms with Crippen LogP contribution in [0.25, 0.3) is 10.8 Å². The standard InChI is InChI=1S/C14H14ClNO2/c1-9(15)8-16-14(18)12-7-6-10-4-2-3-5-11(10)13(12)17/h2-7,9,17H,8H2,1H3,(H,16,18). The molecule has 0 fully saturated rings. The number of carbonyl (C=O) groups is 1. The second kappa shape index (κ2) is 5.27. The first kappa shape index (κ1) is 12.7. The average Bonchev–Trinajstić information content (AvgIpc) is 2.37. The number of phenols is 1. The summed E-state index contributed by atoms with van der Waals surface area (Å²) in [6.07, 6.45) is 0. The minimum Gasteiger partial charge on any atom is -0.506 e. The minimum atomic E-state index is -0.314. The number of hydrogen-bond donors (Lipinski definition) is 2. The fraction of sp³-hybridized carbons (Fsp3) is 0.214. The number of carbonyl (C=O) groups excluding carboxylic acids is 1. The number of halogens is 1. The molecule has 2 aromatic rings. The van der Waals surface area contributed by atoms with E-state index in [0.717, 1.165) is 5.39 Å². The van der Waals surface area contributed by atoms with Gasteiger partial charge in [0, 0.05) is 17.3 Å². The lowest BCUT2D eigenvalue weighted by molar-refractivity contribution is 0.0951. The largest absolute Gasteiger partial charge is 0.506 e. The molecular formula is C14H14ClNO2. The molecule has 4 heteroatoms. The molecule has 2 rings (SSSR count). The van der Waals surface area contributed by atoms with E-state index in [4.69, 9.17) is 11.6 Å². The number of amides is 1. The van der Waals surface area contributed by atoms with Gasteiger partial charge in [0.25, 0.3) is 5.91 Å². The van der Waals surface area contributed by atoms with E-state index >= 15 is 0 Å². The van der Waals surface area contributed by atoms with E-state index < -0.39 is 0 Å². The predicted octanol–water partition coefficient (Wildman–Crippen LogP) is 2.90. The van der Waals surface area contributed by atoms with Crippen LogP contribution in [-0.2, 0) is 0 Å². The third-order valence-electron chi connectivity index (χ3n) is 2.69. The molecule has 0 aliphatic rings. The average molecular weight is 264 g/mol. The quantitative estimate of drug-likeness (QED) is 0.837. The van der Waals surface area contributed by atoms with Crippen LogP contribution in [-0.4, -0.2) is 22.9 Å². The lowest BCUT2D eigenvalue weighted by atomic mass is 10.0. The molecule has 2 N–H and O–H groups in total. The van der Waals surface area contributed by atoms with E-state index in [-0.39, 0.29) is 22.6 Å². The number of aromatic hydroxyl groups is 1. The van der Waals surface area contributed by atoms with E-state index in [1.165, 1.54) is 0 Å². The monoisotopic (exact) mass is 263 g/mol. The molecule has 0 bridgehead atoms. The maximum atomic E-state index is 11.9. The number of phenolic OH excluding ortho intramolecular Hbond substituents is 1. The van der Waals surface area contributed by atoms with Gasteiger partial charge in [-0.25, -0.2) is 0 Å². The maximum Gasteiger partial charge on any atom is 0.255 e. The molecule has 0 saturated heterocycles. The Labute approximate surface area is 110 Å². The summed E-state index contributed by atoms with van der Waals surface area (Å²) in [5.41, 5.74) is 0.269. The number of rotatable bonds is 3. The highest BCUT2D eigenvalue weighted by Gasteiger charge is 2.13. The van der Waals surface area contributed by atoms with Crippen molar-refractivity contribution in [2.24, 2.45) is 0 Å². The van der Waals surface area contributed by atoms with Gasteiger partial charge in [-0.15, -0.1) is 11.6 Å². The highest BCUT2D eigenvalue weighted by Crippen LogP contribution is 2.28. The van der Waals surface area contributed by atoms with Gasteiger partial charge in [-0.3, -0.25) is 4.79 Å². The fourth-order valence-electron chi connectivity index (χ4n) is 1.77. The number of benzene rings is 2. The Morgan fingerprint density at radius 1 is 1.33 bits per heavy atom. The summed E-state index contributed by atoms with van der Waals surface area (Å²) in [5, 5.41) is 14.2. The highest BCUT2D eigenvalue weighted by atomic mass is 35.5. The van der Waals surface area contributed by atoms with Crippen LogP contribution in [0, 0.1) is 0 Å². The minimum absolute atomic E-state index is 0.00725. The van der Waals surface area contributed by atoms with Gasteiger partial charge in [-0.05, 0) is 18.4 Å². The zero-order valence-electron chi connectivity index (χ0n) is 9.98. The number of hydrogen-bond acceptors (Lipinski definition) is 2. The van der Waals surface area contributed by atoms with Crippen LogP contribution < -0.4 is 5.32 Å². The summed E-state index contributed by atoms with van der Waals surface area (Å²) < 4.78 is 0. The summed E-state index contributed by atoms with van der Waals surface area (Å²) in [4.78, 5) is 11.9. The van der Waals surface area contributed by atoms with Gasteiger partial charge < -0.3 is 10.4 Å². The molecule has 0 aliphatic carbocycles. The van der Waals surface area contributed by atoms with Gasteiger partial charge in [0.1, 0.15) is 5.75 Å². The third-order valence-corrected chi connectivity index (χ3v) is 2.84. The summed E-state index contributed by atoms with van der Waals surface area (Å²) in [6.45, 7) is 2.16. The smallest absolute Gasteiger partial charge is 0.255 e. The topological polar surface area (TPSA) is 49.3 Å². The van der Waals surface area contributed by atoms with Crippen molar-refractivity contribution in [1.29, 1.82) is 0 Å². The Hall–Kier alpha value is -1.74. The maximum absolute atomic E-state index is 11.9. The van der Waals surface area contributed by atoms with Crippen LogP contribution in [0.4, 0.5) is 0 Å². The van der Waals surface area contributed by atoms with Gasteiger partial charge in [-0.1, -0.05) is 30.3 Å². The van der Waals surface area contributed by atoms with Crippen LogP contribution in [0.5, 0.6) is 5.75 Å². The van der Waals surface area contributed by atoms with Gasteiger partial charge >= 0.3 is 0 Å². The molecule has 0 saturated carbocycles. The lowest BCUT2D eigenvalue weighted by Gasteiger charge is -2.09. The Morgan fingerprint density at radius 3 is 2.78 bits per heavy atom. The van der Waals surface area contributed by atoms with Crippen LogP contribution in [0.15, 0.2) is 36.4 Å². The molecule has 0 aliphatic heterocycles. The van der Waals surface area contributed by atoms with Crippen molar-refractivity contribution >= 4 is 28.3 Å². The van der Waals surface area contributed by atoms with Crippen molar-refractivity contribution in [3.8, 4) is 5.75 Å². The molecule has 2 aromatic carbocycles. The van der Waals surface area contributed by atoms with Crippen LogP contribution in [0.2, 0.25) is 0 Å². The first-order chi connectivity index (χ1) is 8.59. The molecule has 0 aromatic heterocycles. The lowest BCUT2D eigenvalue weighted by Crippen LogP contribution is -2.28. The zero-order chi connectivity index (χ0) is 13.1. The van der Waals surface area contributed by atoms with E-state index in [1.54, 1.807) is 19.1 Å². The summed E-state index contributed by atoms with van der Waals surface area (Å²) in [5.74, 6) is -0.307. The number of nitrogens with one attached hydrogen (secondary N) is 1. The summed E-state index contributed by atoms with van der Waals surface area (Å²) in [7, 11) is 0. The molecule has 0 radical (unpaired) electrons. The second-order valence-corrected chi connectivity index (χ2v) is 4.92. The predicted molar refractivity (Wildman–Crippen MR) is 73.3 cm³/mol. The fourth-order valence-corrected chi connectivity index (χ4v) is 1.84. The zero-order valence-corrected chi connectivity index (χ0v) is 10.7. The summed E-state index contributed by atoms with van der Waals surface area (Å²) >= 11 is 5.77. The Bertz CT molecular complexity index is 581. The first-order valence-corrected chi connectivity index (χ1v) is 6.16. The van der Waals surface area contributed by atoms with Crippen LogP contribution >= 0.6 is 11.6 Å². The van der Waals surface area contributed by atoms with Gasteiger partial charge in [0.15, 0.2) is 0 Å². The van der Waals surface area contributed by atoms with E-state index in [0.29, 0.717) is 11.9 Å². The molecule has 0 spiro atoms. The number of fused-ring (bicyclic) bond motifs is 1. The van der Waals surface area contributed by atoms with E-state index in [2.05, 4.69) is 5.32 Å². The molecule has 1 unspecified atom stereocenters. The van der Waals surface area contributed by atoms with Crippen molar-refractivity contribution in [1.82, 2.24) is 5.32 Å². The highest BCUT2D eigenvalue weighted by molar-refractivity contribution is 6.20. The van der Waals surface area contributed by atoms with Crippen molar-refractivity contribution in [2.75, 3.05) is 6.54 Å². The third kappa shape index (κ3) is 2.57. The van der Waals surface area contributed by atoms with E-state index in [9.17, 15) is 9.90 Å². The normalized spacial score (nSPS) is 12.3. The Morgan fingerprint density at radius 2 is 2.06 bits per heavy atom. The van der Waals surface area contributed by atoms with Crippen molar-refractivity contribution in [2.45, 2.75) is 12.3 Å². The molecule has 18 heavy (non-hydrogen) atoms. The van der Waals surface area contributed by atoms with Crippen LogP contribution in [0.1, 0.15) is 17.3 Å². The second-order valence-electron chi connectivity index (χ2n) is 4.17. The molecule has 0 heterocycles. The summed E-state index contributed by atoms with van der Waals surface area (Å²) in [6, 6.07) is 10.8. The van der Waals surface area contributed by atoms with Crippen molar-refractivity contribution in [3.05, 3.63) is 42.0 Å².